The van der Waals surface area contributed by atoms with Crippen LogP contribution in [0, 0.1) is 11.3 Å². The van der Waals surface area contributed by atoms with Gasteiger partial charge < -0.3 is 0 Å². The molecule has 1 saturated carbocycles. The Morgan fingerprint density at radius 2 is 1.89 bits per heavy atom. The van der Waals surface area contributed by atoms with Gasteiger partial charge in [0.15, 0.2) is 0 Å². The molecule has 1 aromatic carbocycles. The fourth-order valence-electron chi connectivity index (χ4n) is 2.80. The SMILES string of the molecule is CC/C=C(\C#N)c1ccc(C2CCCCC2)cc1. The molecule has 0 radical (unpaired) electrons. The van der Waals surface area contributed by atoms with E-state index in [2.05, 4.69) is 37.3 Å². The van der Waals surface area contributed by atoms with Crippen LogP contribution in [0.25, 0.3) is 5.57 Å². The monoisotopic (exact) mass is 239 g/mol. The van der Waals surface area contributed by atoms with Crippen molar-refractivity contribution in [1.29, 1.82) is 5.26 Å². The Hall–Kier alpha value is -1.55. The van der Waals surface area contributed by atoms with E-state index in [0.717, 1.165) is 23.5 Å². The van der Waals surface area contributed by atoms with Crippen molar-refractivity contribution in [2.45, 2.75) is 51.4 Å². The third kappa shape index (κ3) is 3.01. The summed E-state index contributed by atoms with van der Waals surface area (Å²) < 4.78 is 0. The van der Waals surface area contributed by atoms with Gasteiger partial charge in [-0.15, -0.1) is 0 Å². The minimum absolute atomic E-state index is 0.744. The lowest BCUT2D eigenvalue weighted by atomic mass is 9.84. The van der Waals surface area contributed by atoms with Gasteiger partial charge in [-0.3, -0.25) is 0 Å². The van der Waals surface area contributed by atoms with Gasteiger partial charge in [-0.2, -0.15) is 5.26 Å². The van der Waals surface area contributed by atoms with E-state index in [1.807, 2.05) is 6.08 Å². The number of hydrogen-bond donors (Lipinski definition) is 0. The van der Waals surface area contributed by atoms with Crippen molar-refractivity contribution >= 4 is 5.57 Å². The molecule has 1 fully saturated rings. The summed E-state index contributed by atoms with van der Waals surface area (Å²) in [5.41, 5.74) is 3.30. The lowest BCUT2D eigenvalue weighted by molar-refractivity contribution is 0.443. The van der Waals surface area contributed by atoms with Crippen LogP contribution in [0.1, 0.15) is 62.5 Å². The predicted octanol–water partition coefficient (Wildman–Crippen LogP) is 5.05. The van der Waals surface area contributed by atoms with Crippen LogP contribution in [-0.2, 0) is 0 Å². The standard InChI is InChI=1S/C17H21N/c1-2-6-17(13-18)16-11-9-15(10-12-16)14-7-4-3-5-8-14/h6,9-12,14H,2-5,7-8H2,1H3/b17-6+. The van der Waals surface area contributed by atoms with Crippen LogP contribution in [0.3, 0.4) is 0 Å². The van der Waals surface area contributed by atoms with Gasteiger partial charge in [-0.1, -0.05) is 56.5 Å². The van der Waals surface area contributed by atoms with E-state index in [0.29, 0.717) is 0 Å². The van der Waals surface area contributed by atoms with Gasteiger partial charge in [0.2, 0.25) is 0 Å². The van der Waals surface area contributed by atoms with Gasteiger partial charge in [0, 0.05) is 0 Å². The van der Waals surface area contributed by atoms with E-state index >= 15 is 0 Å². The zero-order valence-corrected chi connectivity index (χ0v) is 11.2. The molecule has 1 aliphatic carbocycles. The minimum Gasteiger partial charge on any atom is -0.192 e. The molecule has 94 valence electrons. The van der Waals surface area contributed by atoms with Crippen LogP contribution in [0.5, 0.6) is 0 Å². The maximum absolute atomic E-state index is 9.11. The van der Waals surface area contributed by atoms with E-state index in [9.17, 15) is 0 Å². The van der Waals surface area contributed by atoms with E-state index in [-0.39, 0.29) is 0 Å². The number of rotatable bonds is 3. The van der Waals surface area contributed by atoms with Crippen molar-refractivity contribution in [3.8, 4) is 6.07 Å². The third-order valence-electron chi connectivity index (χ3n) is 3.83. The van der Waals surface area contributed by atoms with Gasteiger partial charge in [-0.25, -0.2) is 0 Å². The van der Waals surface area contributed by atoms with E-state index < -0.39 is 0 Å². The molecule has 0 atom stereocenters. The highest BCUT2D eigenvalue weighted by molar-refractivity contribution is 5.76. The molecule has 1 heteroatoms. The molecular weight excluding hydrogens is 218 g/mol. The van der Waals surface area contributed by atoms with Crippen LogP contribution in [-0.4, -0.2) is 0 Å². The topological polar surface area (TPSA) is 23.8 Å². The summed E-state index contributed by atoms with van der Waals surface area (Å²) in [6, 6.07) is 10.9. The quantitative estimate of drug-likeness (QED) is 0.677. The molecule has 0 N–H and O–H groups in total. The smallest absolute Gasteiger partial charge is 0.0994 e. The Labute approximate surface area is 110 Å². The zero-order chi connectivity index (χ0) is 12.8. The van der Waals surface area contributed by atoms with Gasteiger partial charge in [0.25, 0.3) is 0 Å². The average molecular weight is 239 g/mol. The van der Waals surface area contributed by atoms with Crippen molar-refractivity contribution in [1.82, 2.24) is 0 Å². The first-order valence-electron chi connectivity index (χ1n) is 7.05. The average Bonchev–Trinajstić information content (AvgIpc) is 2.46. The maximum Gasteiger partial charge on any atom is 0.0994 e. The highest BCUT2D eigenvalue weighted by Crippen LogP contribution is 2.33. The van der Waals surface area contributed by atoms with Crippen LogP contribution in [0.4, 0.5) is 0 Å². The van der Waals surface area contributed by atoms with Gasteiger partial charge >= 0.3 is 0 Å². The number of allylic oxidation sites excluding steroid dienone is 2. The molecular formula is C17H21N. The molecule has 0 heterocycles. The van der Waals surface area contributed by atoms with E-state index in [4.69, 9.17) is 5.26 Å². The first-order valence-corrected chi connectivity index (χ1v) is 7.05. The van der Waals surface area contributed by atoms with Gasteiger partial charge in [0.1, 0.15) is 0 Å². The number of nitriles is 1. The highest BCUT2D eigenvalue weighted by atomic mass is 14.3. The number of nitrogens with zero attached hydrogens (tertiary/aromatic N) is 1. The fraction of sp³-hybridized carbons (Fsp3) is 0.471. The molecule has 0 aromatic heterocycles. The van der Waals surface area contributed by atoms with E-state index in [1.165, 1.54) is 37.7 Å². The summed E-state index contributed by atoms with van der Waals surface area (Å²) in [4.78, 5) is 0. The Kier molecular flexibility index (Phi) is 4.59. The second-order valence-electron chi connectivity index (χ2n) is 5.09. The van der Waals surface area contributed by atoms with Crippen molar-refractivity contribution in [2.75, 3.05) is 0 Å². The van der Waals surface area contributed by atoms with Gasteiger partial charge in [0.05, 0.1) is 11.6 Å². The minimum atomic E-state index is 0.744. The Morgan fingerprint density at radius 1 is 1.22 bits per heavy atom. The zero-order valence-electron chi connectivity index (χ0n) is 11.2. The molecule has 1 nitrogen and oxygen atoms in total. The fourth-order valence-corrected chi connectivity index (χ4v) is 2.80. The molecule has 0 saturated heterocycles. The van der Waals surface area contributed by atoms with Crippen molar-refractivity contribution in [3.63, 3.8) is 0 Å². The summed E-state index contributed by atoms with van der Waals surface area (Å²) in [7, 11) is 0. The van der Waals surface area contributed by atoms with Crippen LogP contribution in [0.15, 0.2) is 30.3 Å². The first-order chi connectivity index (χ1) is 8.85. The second-order valence-corrected chi connectivity index (χ2v) is 5.09. The summed E-state index contributed by atoms with van der Waals surface area (Å²) in [5, 5.41) is 9.11. The second kappa shape index (κ2) is 6.40. The lowest BCUT2D eigenvalue weighted by Crippen LogP contribution is -2.04. The number of hydrogen-bond acceptors (Lipinski definition) is 1. The summed E-state index contributed by atoms with van der Waals surface area (Å²) >= 11 is 0. The molecule has 0 bridgehead atoms. The first kappa shape index (κ1) is 12.9. The molecule has 1 aliphatic rings. The summed E-state index contributed by atoms with van der Waals surface area (Å²) in [6.07, 6.45) is 9.69. The van der Waals surface area contributed by atoms with Crippen LogP contribution in [0.2, 0.25) is 0 Å². The van der Waals surface area contributed by atoms with Crippen LogP contribution < -0.4 is 0 Å². The van der Waals surface area contributed by atoms with Crippen molar-refractivity contribution < 1.29 is 0 Å². The summed E-state index contributed by atoms with van der Waals surface area (Å²) in [5.74, 6) is 0.744. The van der Waals surface area contributed by atoms with E-state index in [1.54, 1.807) is 0 Å². The van der Waals surface area contributed by atoms with Crippen molar-refractivity contribution in [3.05, 3.63) is 41.5 Å². The number of benzene rings is 1. The maximum atomic E-state index is 9.11. The molecule has 0 unspecified atom stereocenters. The molecule has 0 aliphatic heterocycles. The lowest BCUT2D eigenvalue weighted by Gasteiger charge is -2.22. The molecule has 2 rings (SSSR count). The molecule has 18 heavy (non-hydrogen) atoms. The highest BCUT2D eigenvalue weighted by Gasteiger charge is 2.15. The van der Waals surface area contributed by atoms with Crippen molar-refractivity contribution in [2.24, 2.45) is 0 Å². The Balaban J connectivity index is 2.14. The largest absolute Gasteiger partial charge is 0.192 e. The third-order valence-corrected chi connectivity index (χ3v) is 3.83. The Morgan fingerprint density at radius 3 is 2.44 bits per heavy atom. The molecule has 0 amide bonds. The molecule has 1 aromatic rings. The Bertz CT molecular complexity index is 441. The van der Waals surface area contributed by atoms with Gasteiger partial charge in [-0.05, 0) is 36.3 Å². The van der Waals surface area contributed by atoms with Crippen LogP contribution >= 0.6 is 0 Å². The molecule has 0 spiro atoms. The normalized spacial score (nSPS) is 17.4. The summed E-state index contributed by atoms with van der Waals surface area (Å²) in [6.45, 7) is 2.06. The predicted molar refractivity (Wildman–Crippen MR) is 76.1 cm³/mol.